The topological polar surface area (TPSA) is 107 Å². The Morgan fingerprint density at radius 1 is 0.969 bits per heavy atom. The molecule has 0 aliphatic heterocycles. The van der Waals surface area contributed by atoms with Crippen molar-refractivity contribution in [3.8, 4) is 5.75 Å². The van der Waals surface area contributed by atoms with Crippen LogP contribution in [-0.2, 0) is 13.2 Å². The zero-order chi connectivity index (χ0) is 22.3. The van der Waals surface area contributed by atoms with Crippen molar-refractivity contribution < 1.29 is 23.3 Å². The first-order valence-electron chi connectivity index (χ1n) is 9.63. The number of carbonyl (C=O) groups is 2. The quantitative estimate of drug-likeness (QED) is 0.402. The van der Waals surface area contributed by atoms with Crippen molar-refractivity contribution in [1.82, 2.24) is 10.5 Å². The number of halogens is 1. The van der Waals surface area contributed by atoms with Crippen molar-refractivity contribution in [2.75, 3.05) is 5.32 Å². The van der Waals surface area contributed by atoms with Gasteiger partial charge in [-0.05, 0) is 60.7 Å². The van der Waals surface area contributed by atoms with E-state index in [-0.39, 0.29) is 30.7 Å². The van der Waals surface area contributed by atoms with E-state index in [9.17, 15) is 9.59 Å². The molecule has 0 saturated carbocycles. The Morgan fingerprint density at radius 2 is 1.75 bits per heavy atom. The molecule has 9 heteroatoms. The highest BCUT2D eigenvalue weighted by Crippen LogP contribution is 2.19. The third kappa shape index (κ3) is 5.55. The maximum atomic E-state index is 12.2. The molecule has 0 fully saturated rings. The fourth-order valence-electron chi connectivity index (χ4n) is 2.75. The molecule has 4 aromatic rings. The zero-order valence-corrected chi connectivity index (χ0v) is 17.5. The Bertz CT molecular complexity index is 1190. The molecule has 2 aromatic heterocycles. The highest BCUT2D eigenvalue weighted by Gasteiger charge is 2.13. The second-order valence-corrected chi connectivity index (χ2v) is 7.15. The summed E-state index contributed by atoms with van der Waals surface area (Å²) in [5.74, 6) is 0.980. The van der Waals surface area contributed by atoms with E-state index in [1.54, 1.807) is 60.7 Å². The third-order valence-corrected chi connectivity index (χ3v) is 4.65. The van der Waals surface area contributed by atoms with Crippen molar-refractivity contribution in [2.45, 2.75) is 13.2 Å². The van der Waals surface area contributed by atoms with Crippen LogP contribution in [0.3, 0.4) is 0 Å². The van der Waals surface area contributed by atoms with Crippen molar-refractivity contribution >= 4 is 29.1 Å². The van der Waals surface area contributed by atoms with Crippen molar-refractivity contribution in [3.05, 3.63) is 101 Å². The third-order valence-electron chi connectivity index (χ3n) is 4.39. The summed E-state index contributed by atoms with van der Waals surface area (Å²) in [5, 5.41) is 9.81. The minimum absolute atomic E-state index is 0.0922. The van der Waals surface area contributed by atoms with E-state index in [4.69, 9.17) is 25.3 Å². The molecule has 0 aliphatic carbocycles. The van der Waals surface area contributed by atoms with Crippen LogP contribution in [0.25, 0.3) is 0 Å². The van der Waals surface area contributed by atoms with Gasteiger partial charge in [0, 0.05) is 22.3 Å². The second kappa shape index (κ2) is 9.84. The predicted molar refractivity (Wildman–Crippen MR) is 117 cm³/mol. The molecule has 0 atom stereocenters. The molecule has 2 aromatic carbocycles. The van der Waals surface area contributed by atoms with Gasteiger partial charge >= 0.3 is 0 Å². The molecule has 8 nitrogen and oxygen atoms in total. The summed E-state index contributed by atoms with van der Waals surface area (Å²) in [7, 11) is 0. The van der Waals surface area contributed by atoms with Crippen LogP contribution in [0, 0.1) is 0 Å². The molecule has 2 amide bonds. The number of anilines is 1. The van der Waals surface area contributed by atoms with Gasteiger partial charge in [0.25, 0.3) is 11.8 Å². The van der Waals surface area contributed by atoms with Crippen LogP contribution in [0.15, 0.2) is 81.9 Å². The van der Waals surface area contributed by atoms with E-state index in [1.807, 2.05) is 0 Å². The lowest BCUT2D eigenvalue weighted by molar-refractivity contribution is 0.0938. The lowest BCUT2D eigenvalue weighted by Gasteiger charge is -2.07. The number of hydrogen-bond acceptors (Lipinski definition) is 6. The number of hydrogen-bond donors (Lipinski definition) is 2. The molecule has 4 rings (SSSR count). The van der Waals surface area contributed by atoms with Crippen LogP contribution in [0.2, 0.25) is 5.02 Å². The van der Waals surface area contributed by atoms with Gasteiger partial charge in [-0.2, -0.15) is 0 Å². The van der Waals surface area contributed by atoms with Crippen molar-refractivity contribution in [3.63, 3.8) is 0 Å². The maximum Gasteiger partial charge on any atom is 0.273 e. The van der Waals surface area contributed by atoms with Crippen LogP contribution in [-0.4, -0.2) is 17.0 Å². The van der Waals surface area contributed by atoms with E-state index in [0.29, 0.717) is 33.5 Å². The number of amides is 2. The van der Waals surface area contributed by atoms with E-state index in [0.717, 1.165) is 0 Å². The molecule has 162 valence electrons. The molecule has 0 unspecified atom stereocenters. The Hall–Kier alpha value is -4.04. The minimum atomic E-state index is -0.378. The van der Waals surface area contributed by atoms with Gasteiger partial charge in [-0.1, -0.05) is 16.8 Å². The number of nitrogens with zero attached hydrogens (tertiary/aromatic N) is 1. The summed E-state index contributed by atoms with van der Waals surface area (Å²) in [6.45, 7) is 0.348. The van der Waals surface area contributed by atoms with Crippen LogP contribution in [0.5, 0.6) is 5.75 Å². The summed E-state index contributed by atoms with van der Waals surface area (Å²) in [6.07, 6.45) is 1.53. The van der Waals surface area contributed by atoms with Gasteiger partial charge in [-0.3, -0.25) is 9.59 Å². The van der Waals surface area contributed by atoms with Crippen LogP contribution in [0.1, 0.15) is 32.4 Å². The highest BCUT2D eigenvalue weighted by atomic mass is 35.5. The first kappa shape index (κ1) is 21.2. The summed E-state index contributed by atoms with van der Waals surface area (Å²) in [5.41, 5.74) is 1.27. The molecule has 2 heterocycles. The summed E-state index contributed by atoms with van der Waals surface area (Å²) in [4.78, 5) is 24.4. The average molecular weight is 452 g/mol. The van der Waals surface area contributed by atoms with E-state index in [1.165, 1.54) is 12.3 Å². The van der Waals surface area contributed by atoms with Crippen LogP contribution in [0.4, 0.5) is 5.69 Å². The Labute approximate surface area is 188 Å². The van der Waals surface area contributed by atoms with Gasteiger partial charge in [0.05, 0.1) is 12.8 Å². The molecule has 0 radical (unpaired) electrons. The fourth-order valence-corrected chi connectivity index (χ4v) is 2.88. The van der Waals surface area contributed by atoms with E-state index < -0.39 is 0 Å². The fraction of sp³-hybridized carbons (Fsp3) is 0.0870. The Kier molecular flexibility index (Phi) is 6.52. The van der Waals surface area contributed by atoms with Gasteiger partial charge < -0.3 is 24.3 Å². The Morgan fingerprint density at radius 3 is 2.47 bits per heavy atom. The molecule has 0 aliphatic rings. The standard InChI is InChI=1S/C23H18ClN3O5/c24-16-5-3-15(4-6-16)22(28)26-17-7-9-18(10-8-17)31-14-20-12-21(27-32-20)23(29)25-13-19-2-1-11-30-19/h1-12H,13-14H2,(H,25,29)(H,26,28). The van der Waals surface area contributed by atoms with Crippen molar-refractivity contribution in [2.24, 2.45) is 0 Å². The number of nitrogens with one attached hydrogen (secondary N) is 2. The summed E-state index contributed by atoms with van der Waals surface area (Å²) in [6, 6.07) is 18.5. The molecular weight excluding hydrogens is 434 g/mol. The predicted octanol–water partition coefficient (Wildman–Crippen LogP) is 4.68. The molecule has 0 bridgehead atoms. The van der Waals surface area contributed by atoms with Gasteiger partial charge in [-0.15, -0.1) is 0 Å². The highest BCUT2D eigenvalue weighted by molar-refractivity contribution is 6.30. The first-order chi connectivity index (χ1) is 15.6. The molecule has 32 heavy (non-hydrogen) atoms. The molecule has 2 N–H and O–H groups in total. The lowest BCUT2D eigenvalue weighted by atomic mass is 10.2. The molecule has 0 saturated heterocycles. The maximum absolute atomic E-state index is 12.2. The van der Waals surface area contributed by atoms with Gasteiger partial charge in [-0.25, -0.2) is 0 Å². The number of benzene rings is 2. The minimum Gasteiger partial charge on any atom is -0.486 e. The van der Waals surface area contributed by atoms with E-state index in [2.05, 4.69) is 15.8 Å². The van der Waals surface area contributed by atoms with Gasteiger partial charge in [0.1, 0.15) is 18.1 Å². The zero-order valence-electron chi connectivity index (χ0n) is 16.7. The number of ether oxygens (including phenoxy) is 1. The van der Waals surface area contributed by atoms with E-state index >= 15 is 0 Å². The van der Waals surface area contributed by atoms with Crippen LogP contribution < -0.4 is 15.4 Å². The lowest BCUT2D eigenvalue weighted by Crippen LogP contribution is -2.22. The second-order valence-electron chi connectivity index (χ2n) is 6.71. The largest absolute Gasteiger partial charge is 0.486 e. The van der Waals surface area contributed by atoms with Crippen LogP contribution >= 0.6 is 11.6 Å². The number of aromatic nitrogens is 1. The Balaban J connectivity index is 1.26. The SMILES string of the molecule is O=C(Nc1ccc(OCc2cc(C(=O)NCc3ccco3)no2)cc1)c1ccc(Cl)cc1. The normalized spacial score (nSPS) is 10.5. The number of rotatable bonds is 8. The van der Waals surface area contributed by atoms with Crippen molar-refractivity contribution in [1.29, 1.82) is 0 Å². The first-order valence-corrected chi connectivity index (χ1v) is 10.0. The monoisotopic (exact) mass is 451 g/mol. The number of carbonyl (C=O) groups excluding carboxylic acids is 2. The average Bonchev–Trinajstić information content (AvgIpc) is 3.50. The smallest absolute Gasteiger partial charge is 0.273 e. The molecular formula is C23H18ClN3O5. The number of furan rings is 1. The summed E-state index contributed by atoms with van der Waals surface area (Å²) >= 11 is 5.84. The molecule has 0 spiro atoms. The summed E-state index contributed by atoms with van der Waals surface area (Å²) < 4.78 is 16.0. The van der Waals surface area contributed by atoms with Gasteiger partial charge in [0.2, 0.25) is 0 Å². The van der Waals surface area contributed by atoms with Gasteiger partial charge in [0.15, 0.2) is 11.5 Å².